The van der Waals surface area contributed by atoms with Gasteiger partial charge in [0.2, 0.25) is 0 Å². The number of hydrogen-bond acceptors (Lipinski definition) is 3. The lowest BCUT2D eigenvalue weighted by molar-refractivity contribution is 0.625. The van der Waals surface area contributed by atoms with E-state index in [2.05, 4.69) is 9.89 Å². The lowest BCUT2D eigenvalue weighted by atomic mass is 10.00. The minimum Gasteiger partial charge on any atom is -0.357 e. The molecule has 2 N–H and O–H groups in total. The van der Waals surface area contributed by atoms with Gasteiger partial charge >= 0.3 is 0 Å². The topological polar surface area (TPSA) is 41.6 Å². The third kappa shape index (κ3) is 2.18. The Hall–Kier alpha value is -2.20. The van der Waals surface area contributed by atoms with Crippen molar-refractivity contribution >= 4 is 11.4 Å². The number of benzodiazepines with no additional fused rings is 1. The van der Waals surface area contributed by atoms with Crippen LogP contribution >= 0.6 is 0 Å². The van der Waals surface area contributed by atoms with Crippen molar-refractivity contribution in [1.82, 2.24) is 0 Å². The van der Waals surface area contributed by atoms with Crippen LogP contribution in [0.5, 0.6) is 0 Å². The summed E-state index contributed by atoms with van der Waals surface area (Å²) >= 11 is 0. The van der Waals surface area contributed by atoms with Crippen molar-refractivity contribution in [1.29, 1.82) is 0 Å². The number of nitrogens with two attached hydrogens (primary N) is 1. The van der Waals surface area contributed by atoms with E-state index >= 15 is 0 Å². The molecule has 0 radical (unpaired) electrons. The van der Waals surface area contributed by atoms with Crippen molar-refractivity contribution in [2.45, 2.75) is 0 Å². The number of benzene rings is 2. The summed E-state index contributed by atoms with van der Waals surface area (Å²) in [4.78, 5) is 6.64. The van der Waals surface area contributed by atoms with E-state index in [1.54, 1.807) is 12.1 Å². The summed E-state index contributed by atoms with van der Waals surface area (Å²) in [7, 11) is 0. The zero-order valence-corrected chi connectivity index (χ0v) is 11.1. The molecule has 0 aliphatic carbocycles. The van der Waals surface area contributed by atoms with Crippen molar-refractivity contribution in [2.75, 3.05) is 24.7 Å². The number of para-hydroxylation sites is 1. The van der Waals surface area contributed by atoms with Crippen LogP contribution in [-0.4, -0.2) is 25.5 Å². The average Bonchev–Trinajstić information content (AvgIpc) is 2.67. The Balaban J connectivity index is 2.17. The second-order valence-electron chi connectivity index (χ2n) is 4.67. The van der Waals surface area contributed by atoms with Gasteiger partial charge in [0.15, 0.2) is 0 Å². The SMILES string of the molecule is NCN1CCN=C(c2ccccc2F)c2ccccc21. The Kier molecular flexibility index (Phi) is 3.48. The number of aliphatic imine (C=N–C) groups is 1. The molecule has 102 valence electrons. The Morgan fingerprint density at radius 1 is 1.05 bits per heavy atom. The van der Waals surface area contributed by atoms with Crippen molar-refractivity contribution in [3.05, 3.63) is 65.5 Å². The molecule has 20 heavy (non-hydrogen) atoms. The van der Waals surface area contributed by atoms with E-state index < -0.39 is 0 Å². The maximum atomic E-state index is 14.1. The number of rotatable bonds is 2. The molecular formula is C16H16FN3. The summed E-state index contributed by atoms with van der Waals surface area (Å²) < 4.78 is 14.1. The van der Waals surface area contributed by atoms with Gasteiger partial charge in [0.1, 0.15) is 5.82 Å². The maximum Gasteiger partial charge on any atom is 0.132 e. The molecule has 3 nitrogen and oxygen atoms in total. The van der Waals surface area contributed by atoms with Crippen LogP contribution < -0.4 is 10.6 Å². The van der Waals surface area contributed by atoms with E-state index in [-0.39, 0.29) is 5.82 Å². The smallest absolute Gasteiger partial charge is 0.132 e. The predicted molar refractivity (Wildman–Crippen MR) is 79.7 cm³/mol. The van der Waals surface area contributed by atoms with Gasteiger partial charge in [0.05, 0.1) is 18.9 Å². The molecule has 2 aromatic rings. The van der Waals surface area contributed by atoms with Crippen LogP contribution in [0.25, 0.3) is 0 Å². The minimum atomic E-state index is -0.248. The number of fused-ring (bicyclic) bond motifs is 1. The Morgan fingerprint density at radius 2 is 1.75 bits per heavy atom. The normalized spacial score (nSPS) is 14.5. The fourth-order valence-corrected chi connectivity index (χ4v) is 2.51. The first-order valence-corrected chi connectivity index (χ1v) is 6.65. The van der Waals surface area contributed by atoms with Gasteiger partial charge in [-0.05, 0) is 18.2 Å². The fourth-order valence-electron chi connectivity index (χ4n) is 2.51. The Bertz CT molecular complexity index is 652. The van der Waals surface area contributed by atoms with E-state index in [1.165, 1.54) is 6.07 Å². The molecule has 0 spiro atoms. The van der Waals surface area contributed by atoms with Gasteiger partial charge in [-0.15, -0.1) is 0 Å². The molecule has 1 aliphatic heterocycles. The number of anilines is 1. The Morgan fingerprint density at radius 3 is 2.50 bits per heavy atom. The van der Waals surface area contributed by atoms with Crippen molar-refractivity contribution in [3.63, 3.8) is 0 Å². The van der Waals surface area contributed by atoms with Crippen LogP contribution in [0.2, 0.25) is 0 Å². The zero-order valence-electron chi connectivity index (χ0n) is 11.1. The van der Waals surface area contributed by atoms with Crippen LogP contribution in [0.4, 0.5) is 10.1 Å². The molecule has 1 heterocycles. The molecule has 0 bridgehead atoms. The highest BCUT2D eigenvalue weighted by Crippen LogP contribution is 2.26. The van der Waals surface area contributed by atoms with Crippen LogP contribution in [0.15, 0.2) is 53.5 Å². The third-order valence-electron chi connectivity index (χ3n) is 3.49. The van der Waals surface area contributed by atoms with Crippen LogP contribution in [0.3, 0.4) is 0 Å². The largest absolute Gasteiger partial charge is 0.357 e. The van der Waals surface area contributed by atoms with Gasteiger partial charge in [0, 0.05) is 23.4 Å². The third-order valence-corrected chi connectivity index (χ3v) is 3.49. The summed E-state index contributed by atoms with van der Waals surface area (Å²) in [5.41, 5.74) is 8.99. The summed E-state index contributed by atoms with van der Waals surface area (Å²) in [6.45, 7) is 1.78. The molecule has 4 heteroatoms. The van der Waals surface area contributed by atoms with Crippen molar-refractivity contribution < 1.29 is 4.39 Å². The summed E-state index contributed by atoms with van der Waals surface area (Å²) in [6, 6.07) is 14.6. The molecular weight excluding hydrogens is 253 g/mol. The van der Waals surface area contributed by atoms with Gasteiger partial charge in [-0.2, -0.15) is 0 Å². The highest BCUT2D eigenvalue weighted by molar-refractivity contribution is 6.16. The van der Waals surface area contributed by atoms with E-state index in [9.17, 15) is 4.39 Å². The Labute approximate surface area is 117 Å². The van der Waals surface area contributed by atoms with E-state index in [4.69, 9.17) is 5.73 Å². The van der Waals surface area contributed by atoms with Gasteiger partial charge in [-0.25, -0.2) is 4.39 Å². The van der Waals surface area contributed by atoms with Crippen molar-refractivity contribution in [3.8, 4) is 0 Å². The van der Waals surface area contributed by atoms with E-state index in [0.29, 0.717) is 24.5 Å². The first kappa shape index (κ1) is 12.8. The predicted octanol–water partition coefficient (Wildman–Crippen LogP) is 2.40. The fraction of sp³-hybridized carbons (Fsp3) is 0.188. The molecule has 0 saturated heterocycles. The molecule has 0 fully saturated rings. The van der Waals surface area contributed by atoms with Crippen LogP contribution in [0, 0.1) is 5.82 Å². The highest BCUT2D eigenvalue weighted by Gasteiger charge is 2.20. The van der Waals surface area contributed by atoms with E-state index in [0.717, 1.165) is 17.8 Å². The minimum absolute atomic E-state index is 0.248. The monoisotopic (exact) mass is 269 g/mol. The van der Waals surface area contributed by atoms with Gasteiger partial charge < -0.3 is 10.6 Å². The number of nitrogens with zero attached hydrogens (tertiary/aromatic N) is 2. The van der Waals surface area contributed by atoms with Gasteiger partial charge in [-0.1, -0.05) is 30.3 Å². The van der Waals surface area contributed by atoms with Gasteiger partial charge in [0.25, 0.3) is 0 Å². The molecule has 0 amide bonds. The summed E-state index contributed by atoms with van der Waals surface area (Å²) in [5.74, 6) is -0.248. The second kappa shape index (κ2) is 5.43. The molecule has 3 rings (SSSR count). The molecule has 0 unspecified atom stereocenters. The van der Waals surface area contributed by atoms with Gasteiger partial charge in [-0.3, -0.25) is 4.99 Å². The standard InChI is InChI=1S/C16H16FN3/c17-14-7-3-1-5-12(14)16-13-6-2-4-8-15(13)20(11-18)10-9-19-16/h1-8H,9-11,18H2. The number of hydrogen-bond donors (Lipinski definition) is 1. The highest BCUT2D eigenvalue weighted by atomic mass is 19.1. The molecule has 2 aromatic carbocycles. The second-order valence-corrected chi connectivity index (χ2v) is 4.67. The van der Waals surface area contributed by atoms with Crippen LogP contribution in [-0.2, 0) is 0 Å². The summed E-state index contributed by atoms with van der Waals surface area (Å²) in [5, 5.41) is 0. The maximum absolute atomic E-state index is 14.1. The first-order chi connectivity index (χ1) is 9.81. The molecule has 0 saturated carbocycles. The molecule has 1 aliphatic rings. The summed E-state index contributed by atoms with van der Waals surface area (Å²) in [6.07, 6.45) is 0. The zero-order chi connectivity index (χ0) is 13.9. The van der Waals surface area contributed by atoms with Crippen molar-refractivity contribution in [2.24, 2.45) is 10.7 Å². The lowest BCUT2D eigenvalue weighted by Crippen LogP contribution is -2.32. The first-order valence-electron chi connectivity index (χ1n) is 6.65. The molecule has 0 aromatic heterocycles. The quantitative estimate of drug-likeness (QED) is 0.909. The average molecular weight is 269 g/mol. The van der Waals surface area contributed by atoms with Crippen LogP contribution in [0.1, 0.15) is 11.1 Å². The molecule has 0 atom stereocenters. The number of halogens is 1. The van der Waals surface area contributed by atoms with E-state index in [1.807, 2.05) is 30.3 Å². The lowest BCUT2D eigenvalue weighted by Gasteiger charge is -2.22.